The lowest BCUT2D eigenvalue weighted by molar-refractivity contribution is -0.142. The number of carbonyl (C=O) groups excluding carboxylic acids is 2. The smallest absolute Gasteiger partial charge is 0.327 e. The second-order valence-electron chi connectivity index (χ2n) is 9.35. The average Bonchev–Trinajstić information content (AvgIpc) is 3.23. The Bertz CT molecular complexity index is 1150. The summed E-state index contributed by atoms with van der Waals surface area (Å²) in [7, 11) is 1.55. The van der Waals surface area contributed by atoms with Gasteiger partial charge in [0, 0.05) is 42.9 Å². The van der Waals surface area contributed by atoms with Crippen LogP contribution in [0.5, 0.6) is 0 Å². The second-order valence-corrected chi connectivity index (χ2v) is 9.35. The highest BCUT2D eigenvalue weighted by Gasteiger charge is 2.49. The minimum atomic E-state index is -1.09. The zero-order chi connectivity index (χ0) is 23.9. The van der Waals surface area contributed by atoms with E-state index in [0.29, 0.717) is 11.1 Å². The summed E-state index contributed by atoms with van der Waals surface area (Å²) >= 11 is 0. The molecule has 1 unspecified atom stereocenters. The largest absolute Gasteiger partial charge is 0.481 e. The van der Waals surface area contributed by atoms with Crippen LogP contribution in [0.4, 0.5) is 4.79 Å². The van der Waals surface area contributed by atoms with Crippen molar-refractivity contribution in [2.24, 2.45) is 11.1 Å². The molecule has 4 rings (SSSR count). The van der Waals surface area contributed by atoms with Crippen molar-refractivity contribution in [3.8, 4) is 0 Å². The van der Waals surface area contributed by atoms with Crippen LogP contribution in [0.25, 0.3) is 11.0 Å². The lowest BCUT2D eigenvalue weighted by Crippen LogP contribution is -2.41. The third-order valence-electron chi connectivity index (χ3n) is 7.03. The van der Waals surface area contributed by atoms with Crippen LogP contribution in [-0.2, 0) is 22.4 Å². The first-order valence-corrected chi connectivity index (χ1v) is 11.2. The van der Waals surface area contributed by atoms with Crippen molar-refractivity contribution < 1.29 is 29.1 Å². The molecule has 2 aromatic rings. The molecule has 9 heteroatoms. The Balaban J connectivity index is 1.50. The number of amides is 3. The van der Waals surface area contributed by atoms with E-state index in [1.54, 1.807) is 27.0 Å². The number of hydrogen-bond acceptors (Lipinski definition) is 6. The molecule has 1 atom stereocenters. The van der Waals surface area contributed by atoms with Crippen LogP contribution in [0, 0.1) is 5.92 Å². The lowest BCUT2D eigenvalue weighted by Gasteiger charge is -2.22. The number of benzene rings is 1. The van der Waals surface area contributed by atoms with Crippen LogP contribution < -0.4 is 0 Å². The normalized spacial score (nSPS) is 19.3. The van der Waals surface area contributed by atoms with Gasteiger partial charge in [0.2, 0.25) is 0 Å². The number of carbonyl (C=O) groups is 3. The molecule has 3 amide bonds. The first-order valence-electron chi connectivity index (χ1n) is 11.2. The molecule has 0 bridgehead atoms. The maximum atomic E-state index is 12.6. The molecule has 1 aliphatic carbocycles. The molecule has 2 N–H and O–H groups in total. The van der Waals surface area contributed by atoms with Crippen LogP contribution in [0.3, 0.4) is 0 Å². The van der Waals surface area contributed by atoms with Crippen molar-refractivity contribution in [2.45, 2.75) is 57.9 Å². The zero-order valence-corrected chi connectivity index (χ0v) is 19.1. The fourth-order valence-electron chi connectivity index (χ4n) is 4.67. The predicted octanol–water partition coefficient (Wildman–Crippen LogP) is 3.64. The number of carboxylic acids is 1. The van der Waals surface area contributed by atoms with Gasteiger partial charge in [0.05, 0.1) is 11.6 Å². The van der Waals surface area contributed by atoms with Crippen LogP contribution in [0.1, 0.15) is 56.4 Å². The molecule has 176 valence electrons. The maximum absolute atomic E-state index is 12.6. The van der Waals surface area contributed by atoms with E-state index in [4.69, 9.17) is 4.42 Å². The van der Waals surface area contributed by atoms with Crippen molar-refractivity contribution in [3.63, 3.8) is 0 Å². The molecule has 1 fully saturated rings. The van der Waals surface area contributed by atoms with Gasteiger partial charge in [-0.2, -0.15) is 0 Å². The van der Waals surface area contributed by atoms with Crippen molar-refractivity contribution in [1.82, 2.24) is 9.80 Å². The Morgan fingerprint density at radius 1 is 1.24 bits per heavy atom. The number of urea groups is 1. The van der Waals surface area contributed by atoms with Crippen molar-refractivity contribution in [2.75, 3.05) is 13.6 Å². The van der Waals surface area contributed by atoms with E-state index in [2.05, 4.69) is 5.16 Å². The highest BCUT2D eigenvalue weighted by Crippen LogP contribution is 2.33. The van der Waals surface area contributed by atoms with Crippen LogP contribution in [-0.4, -0.2) is 62.9 Å². The van der Waals surface area contributed by atoms with Gasteiger partial charge in [0.1, 0.15) is 16.9 Å². The van der Waals surface area contributed by atoms with Gasteiger partial charge in [0.15, 0.2) is 0 Å². The minimum absolute atomic E-state index is 0.0228. The highest BCUT2D eigenvalue weighted by molar-refractivity contribution is 6.06. The molecule has 0 spiro atoms. The van der Waals surface area contributed by atoms with Gasteiger partial charge in [-0.05, 0) is 45.6 Å². The number of imide groups is 1. The Morgan fingerprint density at radius 2 is 1.97 bits per heavy atom. The maximum Gasteiger partial charge on any atom is 0.327 e. The van der Waals surface area contributed by atoms with Gasteiger partial charge in [-0.15, -0.1) is 0 Å². The molecule has 1 saturated heterocycles. The van der Waals surface area contributed by atoms with Gasteiger partial charge in [-0.25, -0.2) is 4.79 Å². The molecule has 33 heavy (non-hydrogen) atoms. The van der Waals surface area contributed by atoms with Crippen LogP contribution in [0.15, 0.2) is 27.8 Å². The van der Waals surface area contributed by atoms with E-state index in [0.717, 1.165) is 41.7 Å². The summed E-state index contributed by atoms with van der Waals surface area (Å²) in [6.45, 7) is 3.28. The number of oxime groups is 1. The SMILES string of the molecule is CN1C(=O)N(CCC(C/C(=N/O)c2ccc3c4c(oc3c2)CCCC4)C(=O)O)C(=O)C1(C)C. The summed E-state index contributed by atoms with van der Waals surface area (Å²) in [4.78, 5) is 39.4. The average molecular weight is 456 g/mol. The third-order valence-corrected chi connectivity index (χ3v) is 7.03. The monoisotopic (exact) mass is 455 g/mol. The Labute approximate surface area is 191 Å². The first kappa shape index (κ1) is 22.8. The lowest BCUT2D eigenvalue weighted by atomic mass is 9.93. The Kier molecular flexibility index (Phi) is 5.90. The van der Waals surface area contributed by atoms with E-state index in [9.17, 15) is 24.7 Å². The number of aliphatic carboxylic acids is 1. The molecule has 2 heterocycles. The number of furan rings is 1. The number of fused-ring (bicyclic) bond motifs is 3. The number of carboxylic acid groups (broad SMARTS) is 1. The van der Waals surface area contributed by atoms with E-state index in [1.165, 1.54) is 10.5 Å². The third kappa shape index (κ3) is 3.96. The number of likely N-dealkylation sites (N-methyl/N-ethyl adjacent to an activating group) is 1. The van der Waals surface area contributed by atoms with Gasteiger partial charge in [-0.1, -0.05) is 17.3 Å². The Morgan fingerprint density at radius 3 is 2.61 bits per heavy atom. The first-order chi connectivity index (χ1) is 15.6. The number of nitrogens with zero attached hydrogens (tertiary/aromatic N) is 3. The number of aryl methyl sites for hydroxylation is 2. The van der Waals surface area contributed by atoms with Crippen LogP contribution >= 0.6 is 0 Å². The van der Waals surface area contributed by atoms with Crippen molar-refractivity contribution in [1.29, 1.82) is 0 Å². The molecule has 0 radical (unpaired) electrons. The summed E-state index contributed by atoms with van der Waals surface area (Å²) in [5.74, 6) is -1.39. The summed E-state index contributed by atoms with van der Waals surface area (Å²) < 4.78 is 6.01. The van der Waals surface area contributed by atoms with Crippen LogP contribution in [0.2, 0.25) is 0 Å². The minimum Gasteiger partial charge on any atom is -0.481 e. The highest BCUT2D eigenvalue weighted by atomic mass is 16.4. The summed E-state index contributed by atoms with van der Waals surface area (Å²) in [6.07, 6.45) is 4.10. The van der Waals surface area contributed by atoms with E-state index >= 15 is 0 Å². The van der Waals surface area contributed by atoms with E-state index < -0.39 is 23.5 Å². The van der Waals surface area contributed by atoms with Gasteiger partial charge < -0.3 is 19.6 Å². The molecule has 9 nitrogen and oxygen atoms in total. The summed E-state index contributed by atoms with van der Waals surface area (Å²) in [6, 6.07) is 5.08. The molecule has 2 aliphatic rings. The van der Waals surface area contributed by atoms with Crippen molar-refractivity contribution >= 4 is 34.6 Å². The standard InChI is InChI=1S/C24H29N3O6/c1-24(2)22(30)27(23(31)26(24)3)11-10-15(21(28)29)12-18(25-32)14-8-9-17-16-6-4-5-7-19(16)33-20(17)13-14/h8-9,13,15,32H,4-7,10-12H2,1-3H3,(H,28,29)/b25-18-. The van der Waals surface area contributed by atoms with Gasteiger partial charge >= 0.3 is 12.0 Å². The number of rotatable bonds is 7. The van der Waals surface area contributed by atoms with E-state index in [-0.39, 0.29) is 31.0 Å². The van der Waals surface area contributed by atoms with E-state index in [1.807, 2.05) is 12.1 Å². The fourth-order valence-corrected chi connectivity index (χ4v) is 4.67. The molecular weight excluding hydrogens is 426 g/mol. The quantitative estimate of drug-likeness (QED) is 0.284. The van der Waals surface area contributed by atoms with Gasteiger partial charge in [0.25, 0.3) is 5.91 Å². The molecule has 1 aromatic carbocycles. The summed E-state index contributed by atoms with van der Waals surface area (Å²) in [5, 5.41) is 23.8. The second kappa shape index (κ2) is 8.53. The molecule has 0 saturated carbocycles. The molecular formula is C24H29N3O6. The summed E-state index contributed by atoms with van der Waals surface area (Å²) in [5.41, 5.74) is 1.75. The van der Waals surface area contributed by atoms with Crippen molar-refractivity contribution in [3.05, 3.63) is 35.1 Å². The fraction of sp³-hybridized carbons (Fsp3) is 0.500. The number of hydrogen-bond donors (Lipinski definition) is 2. The predicted molar refractivity (Wildman–Crippen MR) is 120 cm³/mol. The zero-order valence-electron chi connectivity index (χ0n) is 19.1. The molecule has 1 aromatic heterocycles. The molecule has 1 aliphatic heterocycles. The topological polar surface area (TPSA) is 124 Å². The Hall–Kier alpha value is -3.36. The van der Waals surface area contributed by atoms with Gasteiger partial charge in [-0.3, -0.25) is 14.5 Å².